The van der Waals surface area contributed by atoms with Crippen LogP contribution in [0.2, 0.25) is 0 Å². The fourth-order valence-electron chi connectivity index (χ4n) is 17.0. The summed E-state index contributed by atoms with van der Waals surface area (Å²) in [7, 11) is 0. The van der Waals surface area contributed by atoms with Crippen LogP contribution in [-0.2, 0) is 34.5 Å². The highest BCUT2D eigenvalue weighted by atomic mass is 15.1. The first-order valence-electron chi connectivity index (χ1n) is 36.7. The van der Waals surface area contributed by atoms with E-state index in [-0.39, 0.29) is 10.8 Å². The molecule has 0 aromatic heterocycles. The molecule has 0 radical (unpaired) electrons. The number of fused-ring (bicyclic) bond motifs is 8. The molecular weight excluding hydrogens is 1250 g/mol. The topological polar surface area (TPSA) is 6.48 Å². The summed E-state index contributed by atoms with van der Waals surface area (Å²) in [5.41, 5.74) is 30.7. The van der Waals surface area contributed by atoms with Gasteiger partial charge in [0, 0.05) is 33.5 Å². The van der Waals surface area contributed by atoms with Crippen molar-refractivity contribution in [1.29, 1.82) is 0 Å². The predicted molar refractivity (Wildman–Crippen MR) is 443 cm³/mol. The van der Waals surface area contributed by atoms with Gasteiger partial charge in [-0.25, -0.2) is 0 Å². The third-order valence-corrected chi connectivity index (χ3v) is 22.5. The summed E-state index contributed by atoms with van der Waals surface area (Å²) in [6.45, 7) is 22.0. The van der Waals surface area contributed by atoms with Crippen LogP contribution in [0.3, 0.4) is 0 Å². The van der Waals surface area contributed by atoms with Gasteiger partial charge in [-0.2, -0.15) is 0 Å². The van der Waals surface area contributed by atoms with E-state index in [9.17, 15) is 0 Å². The maximum atomic E-state index is 4.09. The summed E-state index contributed by atoms with van der Waals surface area (Å²) in [6, 6.07) is 128. The molecule has 0 saturated carbocycles. The van der Waals surface area contributed by atoms with E-state index in [1.807, 2.05) is 12.2 Å². The van der Waals surface area contributed by atoms with Crippen LogP contribution < -0.4 is 9.80 Å². The molecule has 0 saturated heterocycles. The van der Waals surface area contributed by atoms with Gasteiger partial charge >= 0.3 is 0 Å². The quantitative estimate of drug-likeness (QED) is 0.0951. The minimum atomic E-state index is -0.486. The molecule has 0 aliphatic heterocycles. The maximum Gasteiger partial charge on any atom is 0.0540 e. The fourth-order valence-corrected chi connectivity index (χ4v) is 17.0. The maximum absolute atomic E-state index is 4.09. The number of nitrogens with zero attached hydrogens (tertiary/aromatic N) is 2. The lowest BCUT2D eigenvalue weighted by atomic mass is 9.68. The van der Waals surface area contributed by atoms with Crippen molar-refractivity contribution in [3.63, 3.8) is 0 Å². The second-order valence-corrected chi connectivity index (χ2v) is 30.6. The van der Waals surface area contributed by atoms with E-state index in [2.05, 4.69) is 404 Å². The smallest absolute Gasteiger partial charge is 0.0540 e. The van der Waals surface area contributed by atoms with Gasteiger partial charge < -0.3 is 9.80 Å². The number of rotatable bonds is 16. The van der Waals surface area contributed by atoms with Crippen molar-refractivity contribution in [2.75, 3.05) is 9.80 Å². The largest absolute Gasteiger partial charge is 0.310 e. The van der Waals surface area contributed by atoms with Gasteiger partial charge in [-0.15, -0.1) is 0 Å². The molecule has 0 fully saturated rings. The van der Waals surface area contributed by atoms with Gasteiger partial charge in [0.05, 0.1) is 22.2 Å². The summed E-state index contributed by atoms with van der Waals surface area (Å²) in [4.78, 5) is 4.95. The average Bonchev–Trinajstić information content (AvgIpc) is 1.55. The van der Waals surface area contributed by atoms with Gasteiger partial charge in [0.1, 0.15) is 0 Å². The van der Waals surface area contributed by atoms with Crippen molar-refractivity contribution >= 4 is 67.8 Å². The number of anilines is 6. The van der Waals surface area contributed by atoms with Crippen LogP contribution in [0.1, 0.15) is 108 Å². The number of benzene rings is 15. The lowest BCUT2D eigenvalue weighted by Crippen LogP contribution is -2.30. The minimum Gasteiger partial charge on any atom is -0.310 e. The molecule has 2 aliphatic carbocycles. The lowest BCUT2D eigenvalue weighted by Gasteiger charge is -2.35. The SMILES string of the molecule is C=Cc1ccc(CC2(c3ccc(C(C)(C)C)cc3)c3ccccc3-c3ccc(N(c4ccc(-c5ccc(-c6ccc(N(c7ccc8c(c7)C(Cc7ccc(C=C)cc7)(c7ccc(C(C)(C)C)cc7)c7ccccc7-8)c7cccc8ccccc78)cc6)cc5)cc4)c4cccc5ccccc45)cc32)cc1. The Morgan fingerprint density at radius 1 is 0.288 bits per heavy atom. The van der Waals surface area contributed by atoms with Gasteiger partial charge in [0.25, 0.3) is 0 Å². The summed E-state index contributed by atoms with van der Waals surface area (Å²) < 4.78 is 0. The van der Waals surface area contributed by atoms with E-state index in [0.717, 1.165) is 80.3 Å². The molecule has 0 spiro atoms. The minimum absolute atomic E-state index is 0.0134. The van der Waals surface area contributed by atoms with Gasteiger partial charge in [0.15, 0.2) is 0 Å². The lowest BCUT2D eigenvalue weighted by molar-refractivity contribution is 0.586. The predicted octanol–water partition coefficient (Wildman–Crippen LogP) is 27.3. The molecule has 0 bridgehead atoms. The second-order valence-electron chi connectivity index (χ2n) is 30.6. The third-order valence-electron chi connectivity index (χ3n) is 22.5. The third kappa shape index (κ3) is 11.4. The van der Waals surface area contributed by atoms with Crippen molar-refractivity contribution in [1.82, 2.24) is 0 Å². The second kappa shape index (κ2) is 26.1. The molecule has 502 valence electrons. The van der Waals surface area contributed by atoms with Crippen molar-refractivity contribution in [3.8, 4) is 44.5 Å². The van der Waals surface area contributed by atoms with E-state index in [1.165, 1.54) is 99.4 Å². The Morgan fingerprint density at radius 3 is 0.971 bits per heavy atom. The Bertz CT molecular complexity index is 5380. The number of hydrogen-bond donors (Lipinski definition) is 0. The molecule has 0 amide bonds. The first-order chi connectivity index (χ1) is 50.7. The first-order valence-corrected chi connectivity index (χ1v) is 36.7. The van der Waals surface area contributed by atoms with Crippen LogP contribution in [0.25, 0.3) is 78.2 Å². The zero-order chi connectivity index (χ0) is 70.9. The Hall–Kier alpha value is -12.1. The normalized spacial score (nSPS) is 15.1. The van der Waals surface area contributed by atoms with Crippen molar-refractivity contribution < 1.29 is 0 Å². The van der Waals surface area contributed by atoms with E-state index >= 15 is 0 Å². The van der Waals surface area contributed by atoms with Crippen LogP contribution in [-0.4, -0.2) is 0 Å². The molecule has 2 nitrogen and oxygen atoms in total. The van der Waals surface area contributed by atoms with Gasteiger partial charge in [-0.3, -0.25) is 0 Å². The molecular formula is C102H84N2. The van der Waals surface area contributed by atoms with Crippen molar-refractivity contribution in [2.24, 2.45) is 0 Å². The van der Waals surface area contributed by atoms with Crippen LogP contribution in [0, 0.1) is 0 Å². The number of hydrogen-bond acceptors (Lipinski definition) is 2. The van der Waals surface area contributed by atoms with Gasteiger partial charge in [-0.05, 0) is 206 Å². The van der Waals surface area contributed by atoms with Crippen LogP contribution >= 0.6 is 0 Å². The molecule has 2 atom stereocenters. The average molecular weight is 1340 g/mol. The monoisotopic (exact) mass is 1340 g/mol. The highest BCUT2D eigenvalue weighted by molar-refractivity contribution is 6.02. The zero-order valence-electron chi connectivity index (χ0n) is 60.2. The van der Waals surface area contributed by atoms with Crippen LogP contribution in [0.5, 0.6) is 0 Å². The van der Waals surface area contributed by atoms with Gasteiger partial charge in [-0.1, -0.05) is 346 Å². The Balaban J connectivity index is 0.727. The summed E-state index contributed by atoms with van der Waals surface area (Å²) >= 11 is 0. The molecule has 2 aliphatic rings. The molecule has 15 aromatic rings. The summed E-state index contributed by atoms with van der Waals surface area (Å²) in [5, 5.41) is 4.77. The molecule has 17 rings (SSSR count). The fraction of sp³-hybridized carbons (Fsp3) is 0.118. The standard InChI is InChI=1S/C102H84N2/c1-9-69-33-37-71(38-34-69)67-101(81-53-49-79(50-54-81)99(3,4)5)93-29-17-15-27-89(93)91-63-61-85(65-95(91)101)103(97-31-19-23-77-21-11-13-25-87(77)97)83-57-45-75(46-58-83)73-41-43-74(44-42-73)76-47-59-84(60-48-76)104(98-32-20-24-78-22-12-14-26-88(78)98)86-62-64-92-90-28-16-18-30-94(90)102(96(92)66-86,68-72-39-35-70(10-2)36-40-72)82-55-51-80(52-56-82)100(6,7)8/h9-66H,1-2,67-68H2,3-8H3. The molecule has 0 N–H and O–H groups in total. The summed E-state index contributed by atoms with van der Waals surface area (Å²) in [5.74, 6) is 0. The Kier molecular flexibility index (Phi) is 16.3. The highest BCUT2D eigenvalue weighted by Gasteiger charge is 2.47. The van der Waals surface area contributed by atoms with Crippen molar-refractivity contribution in [3.05, 3.63) is 420 Å². The summed E-state index contributed by atoms with van der Waals surface area (Å²) in [6.07, 6.45) is 5.45. The molecule has 2 heteroatoms. The van der Waals surface area contributed by atoms with E-state index in [0.29, 0.717) is 0 Å². The first kappa shape index (κ1) is 65.2. The van der Waals surface area contributed by atoms with Crippen LogP contribution in [0.4, 0.5) is 34.1 Å². The molecule has 104 heavy (non-hydrogen) atoms. The Morgan fingerprint density at radius 2 is 0.606 bits per heavy atom. The van der Waals surface area contributed by atoms with Crippen LogP contribution in [0.15, 0.2) is 353 Å². The Labute approximate surface area is 613 Å². The molecule has 0 heterocycles. The van der Waals surface area contributed by atoms with E-state index in [4.69, 9.17) is 0 Å². The molecule has 2 unspecified atom stereocenters. The molecule has 15 aromatic carbocycles. The van der Waals surface area contributed by atoms with E-state index < -0.39 is 10.8 Å². The van der Waals surface area contributed by atoms with E-state index in [1.54, 1.807) is 0 Å². The van der Waals surface area contributed by atoms with Crippen molar-refractivity contribution in [2.45, 2.75) is 76.0 Å². The van der Waals surface area contributed by atoms with Gasteiger partial charge in [0.2, 0.25) is 0 Å². The highest BCUT2D eigenvalue weighted by Crippen LogP contribution is 2.58. The zero-order valence-corrected chi connectivity index (χ0v) is 60.2.